The van der Waals surface area contributed by atoms with Gasteiger partial charge in [-0.05, 0) is 24.3 Å². The minimum absolute atomic E-state index is 0.386. The van der Waals surface area contributed by atoms with E-state index < -0.39 is 0 Å². The largest absolute Gasteiger partial charge is 0.298 e. The number of hydrogen-bond donors (Lipinski definition) is 0. The summed E-state index contributed by atoms with van der Waals surface area (Å²) in [5, 5.41) is 9.33. The lowest BCUT2D eigenvalue weighted by molar-refractivity contribution is 0.112. The lowest BCUT2D eigenvalue weighted by Gasteiger charge is -2.06. The van der Waals surface area contributed by atoms with Crippen LogP contribution in [-0.2, 0) is 0 Å². The third-order valence-electron chi connectivity index (χ3n) is 4.13. The molecule has 2 aromatic carbocycles. The first-order chi connectivity index (χ1) is 12.7. The van der Waals surface area contributed by atoms with Gasteiger partial charge in [-0.3, -0.25) is 14.2 Å². The number of halogens is 1. The Kier molecular flexibility index (Phi) is 3.96. The van der Waals surface area contributed by atoms with Gasteiger partial charge in [0.15, 0.2) is 11.9 Å². The SMILES string of the molecule is N#Cc1ccc(-c2cnc3cnc(-c4ccc(C=O)c(Cl)c4)cn23)cc1. The van der Waals surface area contributed by atoms with Crippen LogP contribution < -0.4 is 0 Å². The van der Waals surface area contributed by atoms with Crippen LogP contribution in [0.4, 0.5) is 0 Å². The Hall–Kier alpha value is -3.49. The van der Waals surface area contributed by atoms with Crippen molar-refractivity contribution in [1.82, 2.24) is 14.4 Å². The monoisotopic (exact) mass is 358 g/mol. The van der Waals surface area contributed by atoms with Crippen molar-refractivity contribution in [1.29, 1.82) is 5.26 Å². The molecule has 0 aliphatic heterocycles. The van der Waals surface area contributed by atoms with Gasteiger partial charge < -0.3 is 0 Å². The van der Waals surface area contributed by atoms with Gasteiger partial charge in [0.25, 0.3) is 0 Å². The Labute approximate surface area is 154 Å². The van der Waals surface area contributed by atoms with E-state index in [1.54, 1.807) is 36.7 Å². The molecule has 26 heavy (non-hydrogen) atoms. The number of rotatable bonds is 3. The van der Waals surface area contributed by atoms with E-state index >= 15 is 0 Å². The van der Waals surface area contributed by atoms with Crippen LogP contribution in [0.5, 0.6) is 0 Å². The van der Waals surface area contributed by atoms with E-state index in [0.717, 1.165) is 23.1 Å². The second kappa shape index (κ2) is 6.43. The highest BCUT2D eigenvalue weighted by Gasteiger charge is 2.10. The molecule has 0 fully saturated rings. The summed E-state index contributed by atoms with van der Waals surface area (Å²) < 4.78 is 1.94. The third-order valence-corrected chi connectivity index (χ3v) is 4.46. The normalized spacial score (nSPS) is 10.6. The summed E-state index contributed by atoms with van der Waals surface area (Å²) in [5.41, 5.74) is 5.12. The molecule has 124 valence electrons. The van der Waals surface area contributed by atoms with Crippen LogP contribution in [0.1, 0.15) is 15.9 Å². The van der Waals surface area contributed by atoms with Gasteiger partial charge in [0.1, 0.15) is 0 Å². The fourth-order valence-electron chi connectivity index (χ4n) is 2.75. The lowest BCUT2D eigenvalue weighted by atomic mass is 10.1. The molecular weight excluding hydrogens is 348 g/mol. The zero-order valence-corrected chi connectivity index (χ0v) is 14.2. The molecule has 0 saturated heterocycles. The zero-order chi connectivity index (χ0) is 18.1. The van der Waals surface area contributed by atoms with Crippen molar-refractivity contribution in [2.24, 2.45) is 0 Å². The summed E-state index contributed by atoms with van der Waals surface area (Å²) in [4.78, 5) is 19.7. The molecule has 0 radical (unpaired) electrons. The predicted molar refractivity (Wildman–Crippen MR) is 99.0 cm³/mol. The van der Waals surface area contributed by atoms with Gasteiger partial charge in [0, 0.05) is 22.9 Å². The van der Waals surface area contributed by atoms with Crippen molar-refractivity contribution < 1.29 is 4.79 Å². The number of carbonyl (C=O) groups is 1. The van der Waals surface area contributed by atoms with Crippen molar-refractivity contribution in [3.63, 3.8) is 0 Å². The van der Waals surface area contributed by atoms with Gasteiger partial charge in [0.05, 0.1) is 40.4 Å². The molecule has 2 heterocycles. The molecule has 0 spiro atoms. The van der Waals surface area contributed by atoms with Crippen molar-refractivity contribution in [3.8, 4) is 28.6 Å². The number of carbonyl (C=O) groups excluding carboxylic acids is 1. The highest BCUT2D eigenvalue weighted by atomic mass is 35.5. The zero-order valence-electron chi connectivity index (χ0n) is 13.4. The molecule has 0 aliphatic carbocycles. The van der Waals surface area contributed by atoms with Crippen LogP contribution >= 0.6 is 11.6 Å². The first-order valence-corrected chi connectivity index (χ1v) is 8.16. The number of nitrogens with zero attached hydrogens (tertiary/aromatic N) is 4. The molecule has 0 unspecified atom stereocenters. The van der Waals surface area contributed by atoms with Crippen LogP contribution in [0.25, 0.3) is 28.2 Å². The van der Waals surface area contributed by atoms with Crippen LogP contribution in [0.3, 0.4) is 0 Å². The Morgan fingerprint density at radius 1 is 1.04 bits per heavy atom. The highest BCUT2D eigenvalue weighted by Crippen LogP contribution is 2.26. The molecule has 2 aromatic heterocycles. The number of hydrogen-bond acceptors (Lipinski definition) is 4. The Morgan fingerprint density at radius 3 is 2.50 bits per heavy atom. The lowest BCUT2D eigenvalue weighted by Crippen LogP contribution is -1.93. The highest BCUT2D eigenvalue weighted by molar-refractivity contribution is 6.33. The fraction of sp³-hybridized carbons (Fsp3) is 0. The summed E-state index contributed by atoms with van der Waals surface area (Å²) in [6.07, 6.45) is 6.05. The second-order valence-electron chi connectivity index (χ2n) is 5.69. The van der Waals surface area contributed by atoms with Gasteiger partial charge in [0.2, 0.25) is 0 Å². The smallest absolute Gasteiger partial charge is 0.155 e. The maximum atomic E-state index is 10.9. The maximum absolute atomic E-state index is 10.9. The number of benzene rings is 2. The fourth-order valence-corrected chi connectivity index (χ4v) is 2.97. The van der Waals surface area contributed by atoms with Crippen molar-refractivity contribution in [2.75, 3.05) is 0 Å². The number of nitriles is 1. The molecule has 0 saturated carbocycles. The van der Waals surface area contributed by atoms with E-state index in [-0.39, 0.29) is 0 Å². The van der Waals surface area contributed by atoms with Crippen molar-refractivity contribution in [3.05, 3.63) is 77.2 Å². The molecule has 0 N–H and O–H groups in total. The average molecular weight is 359 g/mol. The summed E-state index contributed by atoms with van der Waals surface area (Å²) in [5.74, 6) is 0. The Bertz CT molecular complexity index is 1170. The molecule has 5 nitrogen and oxygen atoms in total. The van der Waals surface area contributed by atoms with Crippen molar-refractivity contribution in [2.45, 2.75) is 0 Å². The molecular formula is C20H11ClN4O. The molecule has 0 aliphatic rings. The van der Waals surface area contributed by atoms with Crippen molar-refractivity contribution >= 4 is 23.5 Å². The Balaban J connectivity index is 1.83. The summed E-state index contributed by atoms with van der Waals surface area (Å²) in [7, 11) is 0. The molecule has 6 heteroatoms. The van der Waals surface area contributed by atoms with Crippen LogP contribution in [-0.4, -0.2) is 20.7 Å². The van der Waals surface area contributed by atoms with E-state index in [1.165, 1.54) is 0 Å². The van der Waals surface area contributed by atoms with Crippen LogP contribution in [0.2, 0.25) is 5.02 Å². The Morgan fingerprint density at radius 2 is 1.81 bits per heavy atom. The first kappa shape index (κ1) is 16.0. The van der Waals surface area contributed by atoms with E-state index in [4.69, 9.17) is 16.9 Å². The predicted octanol–water partition coefficient (Wildman–Crippen LogP) is 4.40. The number of imidazole rings is 1. The number of fused-ring (bicyclic) bond motifs is 1. The number of aromatic nitrogens is 3. The quantitative estimate of drug-likeness (QED) is 0.509. The van der Waals surface area contributed by atoms with E-state index in [9.17, 15) is 4.79 Å². The van der Waals surface area contributed by atoms with E-state index in [2.05, 4.69) is 16.0 Å². The third kappa shape index (κ3) is 2.73. The summed E-state index contributed by atoms with van der Waals surface area (Å²) >= 11 is 6.13. The topological polar surface area (TPSA) is 71.0 Å². The van der Waals surface area contributed by atoms with Gasteiger partial charge in [-0.25, -0.2) is 4.98 Å². The molecule has 0 atom stereocenters. The molecule has 4 aromatic rings. The minimum Gasteiger partial charge on any atom is -0.298 e. The average Bonchev–Trinajstić information content (AvgIpc) is 3.11. The second-order valence-corrected chi connectivity index (χ2v) is 6.09. The van der Waals surface area contributed by atoms with Crippen LogP contribution in [0.15, 0.2) is 61.1 Å². The first-order valence-electron chi connectivity index (χ1n) is 7.78. The van der Waals surface area contributed by atoms with Gasteiger partial charge in [-0.1, -0.05) is 29.8 Å². The minimum atomic E-state index is 0.386. The van der Waals surface area contributed by atoms with E-state index in [1.807, 2.05) is 28.8 Å². The maximum Gasteiger partial charge on any atom is 0.155 e. The molecule has 0 bridgehead atoms. The summed E-state index contributed by atoms with van der Waals surface area (Å²) in [6.45, 7) is 0. The molecule has 0 amide bonds. The van der Waals surface area contributed by atoms with Crippen LogP contribution in [0, 0.1) is 11.3 Å². The standard InChI is InChI=1S/C20H11ClN4O/c21-17-7-15(5-6-16(17)12-26)18-11-25-19(9-24-20(25)10-23-18)14-3-1-13(8-22)2-4-14/h1-7,9-12H. The summed E-state index contributed by atoms with van der Waals surface area (Å²) in [6, 6.07) is 14.6. The number of aldehydes is 1. The molecule has 4 rings (SSSR count). The van der Waals surface area contributed by atoms with Gasteiger partial charge in [-0.15, -0.1) is 0 Å². The van der Waals surface area contributed by atoms with E-state index in [0.29, 0.717) is 27.5 Å². The van der Waals surface area contributed by atoms with Gasteiger partial charge >= 0.3 is 0 Å². The van der Waals surface area contributed by atoms with Gasteiger partial charge in [-0.2, -0.15) is 5.26 Å².